The summed E-state index contributed by atoms with van der Waals surface area (Å²) in [5, 5.41) is 7.29. The minimum Gasteiger partial charge on any atom is -0.313 e. The van der Waals surface area contributed by atoms with Gasteiger partial charge in [-0.3, -0.25) is 0 Å². The van der Waals surface area contributed by atoms with Crippen LogP contribution in [0.5, 0.6) is 0 Å². The Morgan fingerprint density at radius 3 is 2.42 bits per heavy atom. The number of hydrogen-bond acceptors (Lipinski definition) is 2. The average molecular weight is 164 g/mol. The fourth-order valence-corrected chi connectivity index (χ4v) is 4.13. The molecule has 4 bridgehead atoms. The largest absolute Gasteiger partial charge is 0.313 e. The maximum Gasteiger partial charge on any atom is 0.0117 e. The fourth-order valence-electron chi connectivity index (χ4n) is 4.13. The summed E-state index contributed by atoms with van der Waals surface area (Å²) < 4.78 is 0. The van der Waals surface area contributed by atoms with Crippen LogP contribution in [0.15, 0.2) is 0 Å². The average Bonchev–Trinajstić information content (AvgIpc) is 2.56. The second-order valence-corrected chi connectivity index (χ2v) is 5.19. The van der Waals surface area contributed by atoms with Gasteiger partial charge in [0.25, 0.3) is 0 Å². The van der Waals surface area contributed by atoms with Gasteiger partial charge in [-0.25, -0.2) is 0 Å². The molecule has 6 aliphatic rings. The van der Waals surface area contributed by atoms with Crippen LogP contribution < -0.4 is 10.6 Å². The Balaban J connectivity index is 1.59. The summed E-state index contributed by atoms with van der Waals surface area (Å²) in [6.07, 6.45) is 4.46. The second-order valence-electron chi connectivity index (χ2n) is 5.19. The molecule has 0 aromatic carbocycles. The van der Waals surface area contributed by atoms with E-state index >= 15 is 0 Å². The van der Waals surface area contributed by atoms with E-state index in [0.29, 0.717) is 0 Å². The third-order valence-corrected chi connectivity index (χ3v) is 4.76. The van der Waals surface area contributed by atoms with Crippen LogP contribution in [0, 0.1) is 17.8 Å². The molecular weight excluding hydrogens is 148 g/mol. The quantitative estimate of drug-likeness (QED) is 0.584. The van der Waals surface area contributed by atoms with Crippen LogP contribution in [0.3, 0.4) is 0 Å². The normalized spacial score (nSPS) is 66.0. The predicted octanol–water partition coefficient (Wildman–Crippen LogP) is 0.345. The first kappa shape index (κ1) is 6.39. The molecule has 0 aromatic rings. The molecule has 6 rings (SSSR count). The minimum atomic E-state index is 0.917. The van der Waals surface area contributed by atoms with Crippen molar-refractivity contribution >= 4 is 0 Å². The molecule has 6 atom stereocenters. The van der Waals surface area contributed by atoms with Crippen molar-refractivity contribution in [1.29, 1.82) is 0 Å². The number of fused-ring (bicyclic) bond motifs is 3. The Bertz CT molecular complexity index is 197. The summed E-state index contributed by atoms with van der Waals surface area (Å²) in [6.45, 7) is 1.32. The van der Waals surface area contributed by atoms with E-state index in [1.807, 2.05) is 0 Å². The third kappa shape index (κ3) is 0.579. The Morgan fingerprint density at radius 1 is 1.00 bits per heavy atom. The van der Waals surface area contributed by atoms with Crippen LogP contribution >= 0.6 is 0 Å². The zero-order chi connectivity index (χ0) is 7.71. The lowest BCUT2D eigenvalue weighted by Gasteiger charge is -2.41. The highest BCUT2D eigenvalue weighted by Crippen LogP contribution is 2.52. The van der Waals surface area contributed by atoms with Crippen molar-refractivity contribution in [2.75, 3.05) is 6.54 Å². The van der Waals surface area contributed by atoms with Gasteiger partial charge < -0.3 is 10.6 Å². The molecule has 0 radical (unpaired) electrons. The lowest BCUT2D eigenvalue weighted by molar-refractivity contribution is 0.126. The van der Waals surface area contributed by atoms with Crippen molar-refractivity contribution in [2.45, 2.75) is 37.4 Å². The van der Waals surface area contributed by atoms with Gasteiger partial charge in [-0.05, 0) is 43.6 Å². The minimum absolute atomic E-state index is 0.917. The smallest absolute Gasteiger partial charge is 0.0117 e. The molecule has 2 N–H and O–H groups in total. The van der Waals surface area contributed by atoms with Crippen molar-refractivity contribution in [3.63, 3.8) is 0 Å². The van der Waals surface area contributed by atoms with E-state index in [-0.39, 0.29) is 0 Å². The van der Waals surface area contributed by atoms with E-state index in [0.717, 1.165) is 35.9 Å². The fraction of sp³-hybridized carbons (Fsp3) is 1.00. The Labute approximate surface area is 73.1 Å². The lowest BCUT2D eigenvalue weighted by atomic mass is 9.66. The van der Waals surface area contributed by atoms with Gasteiger partial charge >= 0.3 is 0 Å². The molecular formula is C10H16N2. The van der Waals surface area contributed by atoms with Crippen LogP contribution in [0.2, 0.25) is 0 Å². The summed E-state index contributed by atoms with van der Waals surface area (Å²) >= 11 is 0. The summed E-state index contributed by atoms with van der Waals surface area (Å²) in [5.41, 5.74) is 0. The van der Waals surface area contributed by atoms with Crippen LogP contribution in [0.25, 0.3) is 0 Å². The van der Waals surface area contributed by atoms with Gasteiger partial charge in [0, 0.05) is 18.1 Å². The van der Waals surface area contributed by atoms with E-state index in [4.69, 9.17) is 0 Å². The molecule has 0 amide bonds. The summed E-state index contributed by atoms with van der Waals surface area (Å²) in [6, 6.07) is 2.76. The van der Waals surface area contributed by atoms with E-state index in [2.05, 4.69) is 10.6 Å². The first-order valence-electron chi connectivity index (χ1n) is 5.41. The molecule has 0 spiro atoms. The highest BCUT2D eigenvalue weighted by atomic mass is 15.1. The van der Waals surface area contributed by atoms with Crippen LogP contribution in [0.4, 0.5) is 0 Å². The number of rotatable bonds is 1. The van der Waals surface area contributed by atoms with Gasteiger partial charge in [-0.2, -0.15) is 0 Å². The highest BCUT2D eigenvalue weighted by molar-refractivity contribution is 5.13. The van der Waals surface area contributed by atoms with Gasteiger partial charge in [-0.1, -0.05) is 0 Å². The Hall–Kier alpha value is -0.0800. The number of hydrogen-bond donors (Lipinski definition) is 2. The molecule has 4 saturated heterocycles. The molecule has 12 heavy (non-hydrogen) atoms. The molecule has 4 heterocycles. The molecule has 2 heteroatoms. The van der Waals surface area contributed by atoms with Crippen LogP contribution in [0.1, 0.15) is 19.3 Å². The van der Waals surface area contributed by atoms with E-state index in [9.17, 15) is 0 Å². The molecule has 2 nitrogen and oxygen atoms in total. The van der Waals surface area contributed by atoms with Crippen molar-refractivity contribution < 1.29 is 0 Å². The zero-order valence-electron chi connectivity index (χ0n) is 7.29. The second kappa shape index (κ2) is 1.88. The molecule has 4 aliphatic heterocycles. The van der Waals surface area contributed by atoms with Crippen molar-refractivity contribution in [3.05, 3.63) is 0 Å². The van der Waals surface area contributed by atoms with Gasteiger partial charge in [0.05, 0.1) is 0 Å². The van der Waals surface area contributed by atoms with Gasteiger partial charge in [-0.15, -0.1) is 0 Å². The molecule has 0 aromatic heterocycles. The SMILES string of the molecule is C1NC2CC1C2C1CC2CC1N2. The summed E-state index contributed by atoms with van der Waals surface area (Å²) in [4.78, 5) is 0. The topological polar surface area (TPSA) is 24.1 Å². The molecule has 66 valence electrons. The number of nitrogens with one attached hydrogen (secondary N) is 2. The summed E-state index contributed by atoms with van der Waals surface area (Å²) in [5.74, 6) is 3.17. The van der Waals surface area contributed by atoms with E-state index in [1.165, 1.54) is 25.8 Å². The first-order chi connectivity index (χ1) is 5.92. The summed E-state index contributed by atoms with van der Waals surface area (Å²) in [7, 11) is 0. The molecule has 6 unspecified atom stereocenters. The first-order valence-corrected chi connectivity index (χ1v) is 5.41. The van der Waals surface area contributed by atoms with Crippen molar-refractivity contribution in [3.8, 4) is 0 Å². The predicted molar refractivity (Wildman–Crippen MR) is 46.8 cm³/mol. The van der Waals surface area contributed by atoms with E-state index in [1.54, 1.807) is 0 Å². The monoisotopic (exact) mass is 164 g/mol. The maximum absolute atomic E-state index is 3.66. The van der Waals surface area contributed by atoms with Crippen molar-refractivity contribution in [2.24, 2.45) is 17.8 Å². The van der Waals surface area contributed by atoms with Crippen LogP contribution in [-0.4, -0.2) is 24.7 Å². The molecule has 2 aliphatic carbocycles. The highest BCUT2D eigenvalue weighted by Gasteiger charge is 2.57. The van der Waals surface area contributed by atoms with Gasteiger partial charge in [0.15, 0.2) is 0 Å². The third-order valence-electron chi connectivity index (χ3n) is 4.76. The maximum atomic E-state index is 3.66. The Morgan fingerprint density at radius 2 is 1.92 bits per heavy atom. The van der Waals surface area contributed by atoms with E-state index < -0.39 is 0 Å². The van der Waals surface area contributed by atoms with Gasteiger partial charge in [0.2, 0.25) is 0 Å². The lowest BCUT2D eigenvalue weighted by Crippen LogP contribution is -2.50. The standard InChI is InChI=1S/C10H16N2/c1-5-4-11-9(1)10(5)7-2-6-3-8(7)12-6/h5-12H,1-4H2. The van der Waals surface area contributed by atoms with Crippen LogP contribution in [-0.2, 0) is 0 Å². The Kier molecular flexibility index (Phi) is 0.999. The molecule has 2 saturated carbocycles. The van der Waals surface area contributed by atoms with Gasteiger partial charge in [0.1, 0.15) is 0 Å². The molecule has 6 fully saturated rings. The van der Waals surface area contributed by atoms with Crippen molar-refractivity contribution in [1.82, 2.24) is 10.6 Å². The zero-order valence-corrected chi connectivity index (χ0v) is 7.29.